The molecule has 7 heteroatoms. The number of aryl methyl sites for hydroxylation is 1. The Kier molecular flexibility index (Phi) is 5.72. The number of esters is 1. The van der Waals surface area contributed by atoms with Crippen LogP contribution in [-0.4, -0.2) is 38.7 Å². The van der Waals surface area contributed by atoms with E-state index in [1.165, 1.54) is 23.3 Å². The Morgan fingerprint density at radius 2 is 2.10 bits per heavy atom. The van der Waals surface area contributed by atoms with Crippen molar-refractivity contribution in [1.82, 2.24) is 0 Å². The van der Waals surface area contributed by atoms with E-state index in [1.54, 1.807) is 0 Å². The molecule has 0 radical (unpaired) electrons. The first-order chi connectivity index (χ1) is 10.2. The fourth-order valence-electron chi connectivity index (χ4n) is 2.38. The molecule has 1 heterocycles. The number of carbonyl (C=O) groups excluding carboxylic acids is 2. The van der Waals surface area contributed by atoms with Gasteiger partial charge in [-0.1, -0.05) is 0 Å². The molecule has 1 aromatic heterocycles. The molecule has 0 saturated carbocycles. The fourth-order valence-corrected chi connectivity index (χ4v) is 3.68. The van der Waals surface area contributed by atoms with Gasteiger partial charge in [0.1, 0.15) is 11.6 Å². The maximum absolute atomic E-state index is 12.0. The smallest absolute Gasteiger partial charge is 0.341 e. The van der Waals surface area contributed by atoms with E-state index in [1.807, 2.05) is 0 Å². The summed E-state index contributed by atoms with van der Waals surface area (Å²) in [5, 5.41) is 3.32. The lowest BCUT2D eigenvalue weighted by atomic mass is 9.95. The molecular weight excluding hydrogens is 292 g/mol. The third kappa shape index (κ3) is 3.81. The molecule has 0 aromatic carbocycles. The van der Waals surface area contributed by atoms with E-state index < -0.39 is 5.97 Å². The second-order valence-electron chi connectivity index (χ2n) is 4.80. The maximum Gasteiger partial charge on any atom is 0.341 e. The van der Waals surface area contributed by atoms with Gasteiger partial charge in [-0.25, -0.2) is 4.79 Å². The summed E-state index contributed by atoms with van der Waals surface area (Å²) in [6.45, 7) is 0.632. The van der Waals surface area contributed by atoms with E-state index in [4.69, 9.17) is 15.2 Å². The number of amides is 1. The van der Waals surface area contributed by atoms with Gasteiger partial charge in [-0.05, 0) is 31.2 Å². The number of nitrogens with one attached hydrogen (secondary N) is 1. The number of carbonyl (C=O) groups is 2. The molecule has 21 heavy (non-hydrogen) atoms. The number of methoxy groups -OCH3 is 1. The summed E-state index contributed by atoms with van der Waals surface area (Å²) in [4.78, 5) is 25.0. The van der Waals surface area contributed by atoms with Crippen LogP contribution in [0.25, 0.3) is 0 Å². The van der Waals surface area contributed by atoms with Crippen molar-refractivity contribution in [1.29, 1.82) is 0 Å². The summed E-state index contributed by atoms with van der Waals surface area (Å²) in [6.07, 6.45) is 3.97. The molecule has 0 atom stereocenters. The predicted octanol–water partition coefficient (Wildman–Crippen LogP) is 1.33. The zero-order valence-corrected chi connectivity index (χ0v) is 12.9. The van der Waals surface area contributed by atoms with Gasteiger partial charge in [0.05, 0.1) is 19.3 Å². The van der Waals surface area contributed by atoms with Gasteiger partial charge in [-0.15, -0.1) is 11.3 Å². The van der Waals surface area contributed by atoms with Crippen LogP contribution in [0.3, 0.4) is 0 Å². The first-order valence-corrected chi connectivity index (χ1v) is 7.79. The number of rotatable bonds is 6. The van der Waals surface area contributed by atoms with E-state index >= 15 is 0 Å². The lowest BCUT2D eigenvalue weighted by molar-refractivity contribution is -0.120. The second-order valence-corrected chi connectivity index (χ2v) is 5.90. The molecule has 0 bridgehead atoms. The van der Waals surface area contributed by atoms with E-state index in [-0.39, 0.29) is 12.5 Å². The molecule has 1 aromatic rings. The summed E-state index contributed by atoms with van der Waals surface area (Å²) in [5.74, 6) is -0.681. The van der Waals surface area contributed by atoms with Crippen LogP contribution in [0.1, 0.15) is 33.6 Å². The molecule has 1 aliphatic carbocycles. The van der Waals surface area contributed by atoms with Crippen LogP contribution in [-0.2, 0) is 27.1 Å². The van der Waals surface area contributed by atoms with Gasteiger partial charge in [-0.2, -0.15) is 0 Å². The molecule has 2 rings (SSSR count). The minimum atomic E-state index is -0.396. The van der Waals surface area contributed by atoms with Gasteiger partial charge >= 0.3 is 5.97 Å². The number of hydrogen-bond donors (Lipinski definition) is 2. The Labute approximate surface area is 127 Å². The lowest BCUT2D eigenvalue weighted by Gasteiger charge is -2.11. The van der Waals surface area contributed by atoms with Crippen LogP contribution in [0, 0.1) is 0 Å². The Balaban J connectivity index is 2.16. The zero-order chi connectivity index (χ0) is 15.2. The lowest BCUT2D eigenvalue weighted by Crippen LogP contribution is -2.21. The van der Waals surface area contributed by atoms with E-state index in [0.29, 0.717) is 23.7 Å². The summed E-state index contributed by atoms with van der Waals surface area (Å²) >= 11 is 1.46. The summed E-state index contributed by atoms with van der Waals surface area (Å²) in [5.41, 5.74) is 6.83. The van der Waals surface area contributed by atoms with Gasteiger partial charge < -0.3 is 20.5 Å². The second kappa shape index (κ2) is 7.53. The summed E-state index contributed by atoms with van der Waals surface area (Å²) in [6, 6.07) is 0. The van der Waals surface area contributed by atoms with Gasteiger partial charge in [0, 0.05) is 11.4 Å². The SMILES string of the molecule is COC(=O)c1c(NC(=O)COCCN)sc2c1CCCC2. The van der Waals surface area contributed by atoms with Crippen LogP contribution in [0.15, 0.2) is 0 Å². The Morgan fingerprint density at radius 1 is 1.33 bits per heavy atom. The van der Waals surface area contributed by atoms with Crippen LogP contribution >= 0.6 is 11.3 Å². The average Bonchev–Trinajstić information content (AvgIpc) is 2.84. The first-order valence-electron chi connectivity index (χ1n) is 6.98. The number of fused-ring (bicyclic) bond motifs is 1. The summed E-state index contributed by atoms with van der Waals surface area (Å²) in [7, 11) is 1.35. The normalized spacial score (nSPS) is 13.6. The Hall–Kier alpha value is -1.44. The molecule has 0 fully saturated rings. The summed E-state index contributed by atoms with van der Waals surface area (Å²) < 4.78 is 9.95. The van der Waals surface area contributed by atoms with Crippen molar-refractivity contribution in [2.75, 3.05) is 32.2 Å². The average molecular weight is 312 g/mol. The molecule has 3 N–H and O–H groups in total. The third-order valence-corrected chi connectivity index (χ3v) is 4.52. The monoisotopic (exact) mass is 312 g/mol. The molecule has 1 amide bonds. The quantitative estimate of drug-likeness (QED) is 0.611. The Morgan fingerprint density at radius 3 is 2.81 bits per heavy atom. The van der Waals surface area contributed by atoms with E-state index in [0.717, 1.165) is 31.2 Å². The van der Waals surface area contributed by atoms with Gasteiger partial charge in [0.15, 0.2) is 0 Å². The van der Waals surface area contributed by atoms with Crippen molar-refractivity contribution < 1.29 is 19.1 Å². The molecule has 0 aliphatic heterocycles. The van der Waals surface area contributed by atoms with E-state index in [9.17, 15) is 9.59 Å². The number of hydrogen-bond acceptors (Lipinski definition) is 6. The highest BCUT2D eigenvalue weighted by Gasteiger charge is 2.26. The highest BCUT2D eigenvalue weighted by Crippen LogP contribution is 2.38. The van der Waals surface area contributed by atoms with E-state index in [2.05, 4.69) is 5.32 Å². The van der Waals surface area contributed by atoms with Crippen LogP contribution < -0.4 is 11.1 Å². The van der Waals surface area contributed by atoms with Crippen LogP contribution in [0.2, 0.25) is 0 Å². The standard InChI is InChI=1S/C14H20N2O4S/c1-19-14(18)12-9-4-2-3-5-10(9)21-13(12)16-11(17)8-20-7-6-15/h2-8,15H2,1H3,(H,16,17). The molecule has 1 aliphatic rings. The topological polar surface area (TPSA) is 90.6 Å². The van der Waals surface area contributed by atoms with Gasteiger partial charge in [0.2, 0.25) is 0 Å². The van der Waals surface area contributed by atoms with Crippen molar-refractivity contribution in [2.45, 2.75) is 25.7 Å². The first kappa shape index (κ1) is 15.9. The van der Waals surface area contributed by atoms with Crippen LogP contribution in [0.4, 0.5) is 5.00 Å². The molecule has 0 unspecified atom stereocenters. The number of anilines is 1. The third-order valence-electron chi connectivity index (χ3n) is 3.31. The molecule has 0 spiro atoms. The Bertz CT molecular complexity index is 527. The molecular formula is C14H20N2O4S. The minimum Gasteiger partial charge on any atom is -0.465 e. The van der Waals surface area contributed by atoms with Crippen molar-refractivity contribution >= 4 is 28.2 Å². The van der Waals surface area contributed by atoms with Gasteiger partial charge in [-0.3, -0.25) is 4.79 Å². The predicted molar refractivity (Wildman–Crippen MR) is 80.8 cm³/mol. The molecule has 6 nitrogen and oxygen atoms in total. The van der Waals surface area contributed by atoms with Crippen LogP contribution in [0.5, 0.6) is 0 Å². The van der Waals surface area contributed by atoms with Crippen molar-refractivity contribution in [3.8, 4) is 0 Å². The fraction of sp³-hybridized carbons (Fsp3) is 0.571. The number of ether oxygens (including phenoxy) is 2. The van der Waals surface area contributed by atoms with Gasteiger partial charge in [0.25, 0.3) is 5.91 Å². The van der Waals surface area contributed by atoms with Crippen molar-refractivity contribution in [2.24, 2.45) is 5.73 Å². The maximum atomic E-state index is 12.0. The van der Waals surface area contributed by atoms with Crippen molar-refractivity contribution in [3.05, 3.63) is 16.0 Å². The highest BCUT2D eigenvalue weighted by atomic mass is 32.1. The zero-order valence-electron chi connectivity index (χ0n) is 12.1. The minimum absolute atomic E-state index is 0.0691. The number of thiophene rings is 1. The number of nitrogens with two attached hydrogens (primary N) is 1. The largest absolute Gasteiger partial charge is 0.465 e. The molecule has 116 valence electrons. The highest BCUT2D eigenvalue weighted by molar-refractivity contribution is 7.17. The van der Waals surface area contributed by atoms with Crippen molar-refractivity contribution in [3.63, 3.8) is 0 Å². The molecule has 0 saturated heterocycles.